The normalized spacial score (nSPS) is 12.2. The molecule has 0 aliphatic heterocycles. The Hall–Kier alpha value is -4.71. The highest BCUT2D eigenvalue weighted by atomic mass is 16.3. The fourth-order valence-electron chi connectivity index (χ4n) is 6.46. The van der Waals surface area contributed by atoms with Crippen molar-refractivity contribution in [3.05, 3.63) is 122 Å². The summed E-state index contributed by atoms with van der Waals surface area (Å²) in [6, 6.07) is 19.0. The van der Waals surface area contributed by atoms with E-state index in [2.05, 4.69) is 13.8 Å². The maximum atomic E-state index is 12.2. The molecule has 6 heteroatoms. The van der Waals surface area contributed by atoms with Crippen molar-refractivity contribution in [3.8, 4) is 17.2 Å². The fourth-order valence-corrected chi connectivity index (χ4v) is 6.46. The number of aldehydes is 3. The van der Waals surface area contributed by atoms with Gasteiger partial charge in [-0.15, -0.1) is 0 Å². The molecule has 0 amide bonds. The molecule has 4 aromatic carbocycles. The Kier molecular flexibility index (Phi) is 9.86. The van der Waals surface area contributed by atoms with Crippen molar-refractivity contribution in [3.63, 3.8) is 0 Å². The molecule has 47 heavy (non-hydrogen) atoms. The first-order chi connectivity index (χ1) is 22.0. The predicted molar refractivity (Wildman–Crippen MR) is 187 cm³/mol. The van der Waals surface area contributed by atoms with Gasteiger partial charge < -0.3 is 15.3 Å². The Balaban J connectivity index is 2.01. The van der Waals surface area contributed by atoms with Crippen molar-refractivity contribution in [2.75, 3.05) is 0 Å². The maximum absolute atomic E-state index is 12.2. The highest BCUT2D eigenvalue weighted by Gasteiger charge is 2.35. The van der Waals surface area contributed by atoms with Crippen LogP contribution in [-0.2, 0) is 10.8 Å². The van der Waals surface area contributed by atoms with E-state index in [1.807, 2.05) is 90.9 Å². The van der Waals surface area contributed by atoms with Gasteiger partial charge in [-0.2, -0.15) is 0 Å². The SMILES string of the molecule is CC(C)c1cc(C(C)(C)c2ccc(C(C)(c3cc(C=O)c(O)c(C(C)C)c3)c3cc(C=O)c(O)c(C(C)C)c3)cc2)cc(C=O)c1O. The summed E-state index contributed by atoms with van der Waals surface area (Å²) in [5.74, 6) is -0.226. The first kappa shape index (κ1) is 35.1. The van der Waals surface area contributed by atoms with Crippen molar-refractivity contribution in [1.29, 1.82) is 0 Å². The summed E-state index contributed by atoms with van der Waals surface area (Å²) in [5, 5.41) is 32.5. The Morgan fingerprint density at radius 1 is 0.468 bits per heavy atom. The lowest BCUT2D eigenvalue weighted by Gasteiger charge is -2.35. The molecule has 0 aliphatic carbocycles. The van der Waals surface area contributed by atoms with Crippen LogP contribution in [0.2, 0.25) is 0 Å². The largest absolute Gasteiger partial charge is 0.507 e. The highest BCUT2D eigenvalue weighted by molar-refractivity contribution is 5.83. The molecule has 4 aromatic rings. The van der Waals surface area contributed by atoms with Gasteiger partial charge in [-0.3, -0.25) is 14.4 Å². The standard InChI is InChI=1S/C41H46O6/c1-23(2)34-17-31(14-26(20-42)37(34)45)40(7,8)29-10-12-30(13-11-29)41(9,32-15-27(21-43)38(46)35(18-32)24(3)4)33-16-28(22-44)39(47)36(19-33)25(5)6/h10-25,45-47H,1-9H3. The number of hydrogen-bond acceptors (Lipinski definition) is 6. The van der Waals surface area contributed by atoms with Crippen LogP contribution < -0.4 is 0 Å². The van der Waals surface area contributed by atoms with Gasteiger partial charge in [-0.25, -0.2) is 0 Å². The Morgan fingerprint density at radius 2 is 0.766 bits per heavy atom. The van der Waals surface area contributed by atoms with Gasteiger partial charge in [0, 0.05) is 10.8 Å². The monoisotopic (exact) mass is 634 g/mol. The van der Waals surface area contributed by atoms with Crippen LogP contribution in [0, 0.1) is 0 Å². The van der Waals surface area contributed by atoms with Crippen LogP contribution in [0.5, 0.6) is 17.2 Å². The number of rotatable bonds is 11. The van der Waals surface area contributed by atoms with Gasteiger partial charge in [0.25, 0.3) is 0 Å². The minimum Gasteiger partial charge on any atom is -0.507 e. The van der Waals surface area contributed by atoms with E-state index in [0.29, 0.717) is 35.5 Å². The molecule has 0 spiro atoms. The smallest absolute Gasteiger partial charge is 0.153 e. The van der Waals surface area contributed by atoms with E-state index in [0.717, 1.165) is 27.8 Å². The molecule has 0 bridgehead atoms. The number of phenols is 3. The minimum atomic E-state index is -0.916. The van der Waals surface area contributed by atoms with Crippen LogP contribution >= 0.6 is 0 Å². The van der Waals surface area contributed by atoms with E-state index in [1.165, 1.54) is 0 Å². The first-order valence-corrected chi connectivity index (χ1v) is 16.1. The van der Waals surface area contributed by atoms with Crippen LogP contribution in [-0.4, -0.2) is 34.2 Å². The molecule has 0 aromatic heterocycles. The zero-order valence-electron chi connectivity index (χ0n) is 28.8. The van der Waals surface area contributed by atoms with Crippen LogP contribution in [0.25, 0.3) is 0 Å². The molecule has 0 unspecified atom stereocenters. The summed E-state index contributed by atoms with van der Waals surface area (Å²) in [5.41, 5.74) is 5.36. The molecule has 0 saturated heterocycles. The summed E-state index contributed by atoms with van der Waals surface area (Å²) in [6.45, 7) is 17.9. The molecule has 0 atom stereocenters. The van der Waals surface area contributed by atoms with E-state index in [-0.39, 0.29) is 51.7 Å². The molecular formula is C41H46O6. The van der Waals surface area contributed by atoms with E-state index in [9.17, 15) is 29.7 Å². The van der Waals surface area contributed by atoms with Crippen LogP contribution in [0.15, 0.2) is 60.7 Å². The Morgan fingerprint density at radius 3 is 1.09 bits per heavy atom. The van der Waals surface area contributed by atoms with Crippen molar-refractivity contribution in [2.45, 2.75) is 90.9 Å². The summed E-state index contributed by atoms with van der Waals surface area (Å²) in [7, 11) is 0. The number of aromatic hydroxyl groups is 3. The molecule has 0 fully saturated rings. The first-order valence-electron chi connectivity index (χ1n) is 16.1. The van der Waals surface area contributed by atoms with Gasteiger partial charge >= 0.3 is 0 Å². The molecule has 3 N–H and O–H groups in total. The molecular weight excluding hydrogens is 588 g/mol. The van der Waals surface area contributed by atoms with Gasteiger partial charge in [0.05, 0.1) is 16.7 Å². The second kappa shape index (κ2) is 13.2. The lowest BCUT2D eigenvalue weighted by molar-refractivity contribution is 0.111. The topological polar surface area (TPSA) is 112 Å². The van der Waals surface area contributed by atoms with E-state index >= 15 is 0 Å². The van der Waals surface area contributed by atoms with Crippen molar-refractivity contribution in [1.82, 2.24) is 0 Å². The number of benzene rings is 4. The molecule has 4 rings (SSSR count). The number of phenolic OH excluding ortho intramolecular Hbond substituents is 3. The van der Waals surface area contributed by atoms with Crippen molar-refractivity contribution < 1.29 is 29.7 Å². The molecule has 0 saturated carbocycles. The zero-order chi connectivity index (χ0) is 35.0. The molecule has 0 aliphatic rings. The number of hydrogen-bond donors (Lipinski definition) is 3. The summed E-state index contributed by atoms with van der Waals surface area (Å²) in [4.78, 5) is 36.2. The van der Waals surface area contributed by atoms with Crippen LogP contribution in [0.4, 0.5) is 0 Å². The van der Waals surface area contributed by atoms with Crippen molar-refractivity contribution >= 4 is 18.9 Å². The van der Waals surface area contributed by atoms with Crippen LogP contribution in [0.1, 0.15) is 156 Å². The van der Waals surface area contributed by atoms with Gasteiger partial charge in [0.15, 0.2) is 18.9 Å². The van der Waals surface area contributed by atoms with Gasteiger partial charge in [0.2, 0.25) is 0 Å². The fraction of sp³-hybridized carbons (Fsp3) is 0.341. The van der Waals surface area contributed by atoms with Crippen molar-refractivity contribution in [2.24, 2.45) is 0 Å². The summed E-state index contributed by atoms with van der Waals surface area (Å²) < 4.78 is 0. The second-order valence-corrected chi connectivity index (χ2v) is 14.2. The lowest BCUT2D eigenvalue weighted by atomic mass is 9.68. The van der Waals surface area contributed by atoms with Gasteiger partial charge in [-0.1, -0.05) is 97.9 Å². The zero-order valence-corrected chi connectivity index (χ0v) is 28.8. The van der Waals surface area contributed by atoms with E-state index < -0.39 is 10.8 Å². The summed E-state index contributed by atoms with van der Waals surface area (Å²) >= 11 is 0. The molecule has 6 nitrogen and oxygen atoms in total. The average molecular weight is 635 g/mol. The third kappa shape index (κ3) is 6.21. The average Bonchev–Trinajstić information content (AvgIpc) is 3.04. The molecule has 0 radical (unpaired) electrons. The van der Waals surface area contributed by atoms with E-state index in [1.54, 1.807) is 18.2 Å². The Bertz CT molecular complexity index is 1760. The lowest BCUT2D eigenvalue weighted by Crippen LogP contribution is -2.27. The van der Waals surface area contributed by atoms with Gasteiger partial charge in [0.1, 0.15) is 17.2 Å². The quantitative estimate of drug-likeness (QED) is 0.112. The predicted octanol–water partition coefficient (Wildman–Crippen LogP) is 9.29. The maximum Gasteiger partial charge on any atom is 0.153 e. The number of carbonyl (C=O) groups is 3. The molecule has 0 heterocycles. The Labute approximate surface area is 278 Å². The summed E-state index contributed by atoms with van der Waals surface area (Å²) in [6.07, 6.45) is 1.99. The second-order valence-electron chi connectivity index (χ2n) is 14.2. The molecule has 246 valence electrons. The van der Waals surface area contributed by atoms with Gasteiger partial charge in [-0.05, 0) is 87.4 Å². The third-order valence-electron chi connectivity index (χ3n) is 9.81. The minimum absolute atomic E-state index is 0.00869. The number of carbonyl (C=O) groups excluding carboxylic acids is 3. The highest BCUT2D eigenvalue weighted by Crippen LogP contribution is 2.46. The van der Waals surface area contributed by atoms with E-state index in [4.69, 9.17) is 0 Å². The van der Waals surface area contributed by atoms with Crippen LogP contribution in [0.3, 0.4) is 0 Å². The third-order valence-corrected chi connectivity index (χ3v) is 9.81.